The fourth-order valence-corrected chi connectivity index (χ4v) is 6.09. The summed E-state index contributed by atoms with van der Waals surface area (Å²) in [5.74, 6) is 3.71. The van der Waals surface area contributed by atoms with Gasteiger partial charge in [-0.15, -0.1) is 0 Å². The molecule has 1 heteroatoms. The minimum absolute atomic E-state index is 0.735. The van der Waals surface area contributed by atoms with Crippen molar-refractivity contribution in [1.82, 2.24) is 0 Å². The number of aryl methyl sites for hydroxylation is 2. The Balaban J connectivity index is 1.26. The summed E-state index contributed by atoms with van der Waals surface area (Å²) in [6.45, 7) is 2.27. The Labute approximate surface area is 198 Å². The highest BCUT2D eigenvalue weighted by molar-refractivity contribution is 5.22. The first-order valence-electron chi connectivity index (χ1n) is 13.6. The van der Waals surface area contributed by atoms with Crippen LogP contribution in [0.5, 0.6) is 0 Å². The van der Waals surface area contributed by atoms with Crippen molar-refractivity contribution in [2.75, 3.05) is 0 Å². The van der Waals surface area contributed by atoms with Gasteiger partial charge in [0.2, 0.25) is 0 Å². The summed E-state index contributed by atoms with van der Waals surface area (Å²) >= 11 is 0. The van der Waals surface area contributed by atoms with Crippen LogP contribution in [0.2, 0.25) is 0 Å². The van der Waals surface area contributed by atoms with Gasteiger partial charge in [0.15, 0.2) is 0 Å². The topological polar surface area (TPSA) is 23.8 Å². The lowest BCUT2D eigenvalue weighted by Gasteiger charge is -2.37. The second kappa shape index (κ2) is 14.4. The summed E-state index contributed by atoms with van der Waals surface area (Å²) in [6, 6.07) is 11.5. The highest BCUT2D eigenvalue weighted by Crippen LogP contribution is 2.42. The summed E-state index contributed by atoms with van der Waals surface area (Å²) in [5, 5.41) is 8.57. The monoisotopic (exact) mass is 431 g/mol. The largest absolute Gasteiger partial charge is 0.193 e. The molecule has 0 unspecified atom stereocenters. The predicted octanol–water partition coefficient (Wildman–Crippen LogP) is 8.99. The molecule has 0 heterocycles. The van der Waals surface area contributed by atoms with Crippen molar-refractivity contribution < 1.29 is 0 Å². The Morgan fingerprint density at radius 2 is 1.38 bits per heavy atom. The van der Waals surface area contributed by atoms with E-state index in [1.165, 1.54) is 107 Å². The maximum atomic E-state index is 8.57. The normalized spacial score (nSPS) is 26.5. The third-order valence-corrected chi connectivity index (χ3v) is 8.21. The molecule has 1 aromatic carbocycles. The maximum absolute atomic E-state index is 8.57. The summed E-state index contributed by atoms with van der Waals surface area (Å²) < 4.78 is 0. The van der Waals surface area contributed by atoms with E-state index in [-0.39, 0.29) is 0 Å². The molecule has 0 amide bonds. The Bertz CT molecular complexity index is 719. The van der Waals surface area contributed by atoms with Gasteiger partial charge in [0.1, 0.15) is 0 Å². The Morgan fingerprint density at radius 1 is 0.781 bits per heavy atom. The van der Waals surface area contributed by atoms with Gasteiger partial charge in [-0.05, 0) is 99.0 Å². The van der Waals surface area contributed by atoms with Crippen molar-refractivity contribution in [3.63, 3.8) is 0 Å². The molecule has 0 N–H and O–H groups in total. The molecule has 174 valence electrons. The van der Waals surface area contributed by atoms with Crippen molar-refractivity contribution in [3.05, 3.63) is 59.7 Å². The van der Waals surface area contributed by atoms with Crippen LogP contribution < -0.4 is 0 Å². The lowest BCUT2D eigenvalue weighted by Crippen LogP contribution is -2.25. The van der Waals surface area contributed by atoms with Gasteiger partial charge in [-0.2, -0.15) is 5.26 Å². The molecule has 2 aliphatic rings. The first-order valence-corrected chi connectivity index (χ1v) is 13.6. The molecule has 1 aromatic rings. The standard InChI is InChI=1S/C31H45N/c1-2-3-9-26-13-15-27(16-14-26)11-6-7-12-29-19-23-31(24-20-29)30-21-17-28(18-22-30)10-5-4-8-25-32/h4-5,8,10,13-16,28-31H,2-3,6-7,9,11-12,17-24H2,1H3. The van der Waals surface area contributed by atoms with Crippen LogP contribution in [-0.4, -0.2) is 0 Å². The third kappa shape index (κ3) is 8.61. The van der Waals surface area contributed by atoms with E-state index < -0.39 is 0 Å². The molecule has 1 nitrogen and oxygen atoms in total. The van der Waals surface area contributed by atoms with Crippen LogP contribution >= 0.6 is 0 Å². The molecule has 2 fully saturated rings. The van der Waals surface area contributed by atoms with Crippen LogP contribution in [0.25, 0.3) is 0 Å². The smallest absolute Gasteiger partial charge is 0.0912 e. The van der Waals surface area contributed by atoms with E-state index >= 15 is 0 Å². The molecular weight excluding hydrogens is 386 g/mol. The number of hydrogen-bond acceptors (Lipinski definition) is 1. The van der Waals surface area contributed by atoms with Crippen molar-refractivity contribution in [3.8, 4) is 6.07 Å². The van der Waals surface area contributed by atoms with Crippen LogP contribution in [0.1, 0.15) is 102 Å². The van der Waals surface area contributed by atoms with Crippen LogP contribution in [0.4, 0.5) is 0 Å². The number of nitriles is 1. The van der Waals surface area contributed by atoms with Crippen LogP contribution in [-0.2, 0) is 12.8 Å². The van der Waals surface area contributed by atoms with Crippen LogP contribution in [0.3, 0.4) is 0 Å². The van der Waals surface area contributed by atoms with Gasteiger partial charge in [0.25, 0.3) is 0 Å². The average molecular weight is 432 g/mol. The zero-order chi connectivity index (χ0) is 22.4. The predicted molar refractivity (Wildman–Crippen MR) is 137 cm³/mol. The zero-order valence-electron chi connectivity index (χ0n) is 20.5. The van der Waals surface area contributed by atoms with Crippen molar-refractivity contribution in [2.24, 2.45) is 23.7 Å². The zero-order valence-corrected chi connectivity index (χ0v) is 20.5. The van der Waals surface area contributed by atoms with E-state index in [0.717, 1.165) is 23.7 Å². The molecule has 0 radical (unpaired) electrons. The van der Waals surface area contributed by atoms with Gasteiger partial charge in [0, 0.05) is 6.08 Å². The van der Waals surface area contributed by atoms with Crippen molar-refractivity contribution >= 4 is 0 Å². The quantitative estimate of drug-likeness (QED) is 0.195. The molecule has 3 rings (SSSR count). The van der Waals surface area contributed by atoms with E-state index in [1.54, 1.807) is 6.08 Å². The first-order chi connectivity index (χ1) is 15.8. The van der Waals surface area contributed by atoms with Gasteiger partial charge in [-0.1, -0.05) is 81.5 Å². The van der Waals surface area contributed by atoms with Crippen LogP contribution in [0, 0.1) is 35.0 Å². The summed E-state index contributed by atoms with van der Waals surface area (Å²) in [6.07, 6.45) is 28.6. The van der Waals surface area contributed by atoms with Crippen LogP contribution in [0.15, 0.2) is 48.6 Å². The van der Waals surface area contributed by atoms with Gasteiger partial charge in [-0.25, -0.2) is 0 Å². The molecule has 0 atom stereocenters. The van der Waals surface area contributed by atoms with E-state index in [4.69, 9.17) is 5.26 Å². The van der Waals surface area contributed by atoms with E-state index in [0.29, 0.717) is 0 Å². The molecule has 2 saturated carbocycles. The summed E-state index contributed by atoms with van der Waals surface area (Å²) in [4.78, 5) is 0. The SMILES string of the molecule is CCCCc1ccc(CCCCC2CCC(C3CCC(C=CC=CC#N)CC3)CC2)cc1. The molecule has 0 aliphatic heterocycles. The molecular formula is C31H45N. The number of nitrogens with zero attached hydrogens (tertiary/aromatic N) is 1. The summed E-state index contributed by atoms with van der Waals surface area (Å²) in [7, 11) is 0. The number of benzene rings is 1. The Kier molecular flexibility index (Phi) is 11.1. The van der Waals surface area contributed by atoms with Gasteiger partial charge in [0.05, 0.1) is 6.07 Å². The number of unbranched alkanes of at least 4 members (excludes halogenated alkanes) is 2. The minimum atomic E-state index is 0.735. The average Bonchev–Trinajstić information content (AvgIpc) is 2.85. The second-order valence-corrected chi connectivity index (χ2v) is 10.5. The fourth-order valence-electron chi connectivity index (χ4n) is 6.09. The van der Waals surface area contributed by atoms with Crippen molar-refractivity contribution in [1.29, 1.82) is 5.26 Å². The molecule has 0 saturated heterocycles. The highest BCUT2D eigenvalue weighted by atomic mass is 14.4. The first kappa shape index (κ1) is 24.8. The van der Waals surface area contributed by atoms with Gasteiger partial charge < -0.3 is 0 Å². The van der Waals surface area contributed by atoms with E-state index in [9.17, 15) is 0 Å². The van der Waals surface area contributed by atoms with E-state index in [2.05, 4.69) is 49.4 Å². The van der Waals surface area contributed by atoms with Gasteiger partial charge >= 0.3 is 0 Å². The molecule has 2 aliphatic carbocycles. The maximum Gasteiger partial charge on any atom is 0.0912 e. The number of hydrogen-bond donors (Lipinski definition) is 0. The molecule has 32 heavy (non-hydrogen) atoms. The minimum Gasteiger partial charge on any atom is -0.193 e. The number of rotatable bonds is 11. The molecule has 0 aromatic heterocycles. The molecule has 0 spiro atoms. The highest BCUT2D eigenvalue weighted by Gasteiger charge is 2.30. The Hall–Kier alpha value is -1.81. The Morgan fingerprint density at radius 3 is 1.97 bits per heavy atom. The number of allylic oxidation sites excluding steroid dienone is 4. The molecule has 0 bridgehead atoms. The second-order valence-electron chi connectivity index (χ2n) is 10.5. The van der Waals surface area contributed by atoms with Crippen molar-refractivity contribution in [2.45, 2.75) is 103 Å². The third-order valence-electron chi connectivity index (χ3n) is 8.21. The fraction of sp³-hybridized carbons (Fsp3) is 0.645. The lowest BCUT2D eigenvalue weighted by molar-refractivity contribution is 0.151. The van der Waals surface area contributed by atoms with E-state index in [1.807, 2.05) is 6.08 Å². The summed E-state index contributed by atoms with van der Waals surface area (Å²) in [5.41, 5.74) is 3.03. The van der Waals surface area contributed by atoms with Gasteiger partial charge in [-0.3, -0.25) is 0 Å². The lowest BCUT2D eigenvalue weighted by atomic mass is 9.68.